The van der Waals surface area contributed by atoms with Crippen molar-refractivity contribution >= 4 is 10.9 Å². The number of halogens is 1. The van der Waals surface area contributed by atoms with Crippen LogP contribution in [0.2, 0.25) is 0 Å². The Morgan fingerprint density at radius 2 is 1.00 bits per heavy atom. The van der Waals surface area contributed by atoms with Crippen molar-refractivity contribution < 1.29 is 4.39 Å². The van der Waals surface area contributed by atoms with Gasteiger partial charge in [-0.3, -0.25) is 0 Å². The van der Waals surface area contributed by atoms with Crippen molar-refractivity contribution in [1.82, 2.24) is 0 Å². The third kappa shape index (κ3) is 2.61. The van der Waals surface area contributed by atoms with Crippen LogP contribution in [0, 0.1) is 5.82 Å². The van der Waals surface area contributed by atoms with Gasteiger partial charge in [-0.1, -0.05) is 48.5 Å². The molecule has 3 aromatic carbocycles. The van der Waals surface area contributed by atoms with Gasteiger partial charge in [0.25, 0.3) is 0 Å². The van der Waals surface area contributed by atoms with Gasteiger partial charge in [0.05, 0.1) is 0 Å². The van der Waals surface area contributed by atoms with Gasteiger partial charge in [0.15, 0.2) is 0 Å². The molecule has 0 saturated carbocycles. The molecule has 3 aromatic rings. The number of thiol groups is 1. The van der Waals surface area contributed by atoms with Crippen molar-refractivity contribution in [2.75, 3.05) is 0 Å². The molecule has 3 rings (SSSR count). The quantitative estimate of drug-likeness (QED) is 0.619. The molecule has 0 bridgehead atoms. The summed E-state index contributed by atoms with van der Waals surface area (Å²) in [6, 6.07) is 27.4. The van der Waals surface area contributed by atoms with Crippen molar-refractivity contribution in [2.45, 2.75) is 14.7 Å². The van der Waals surface area contributed by atoms with Crippen molar-refractivity contribution in [3.05, 3.63) is 90.7 Å². The Balaban J connectivity index is 2.17. The minimum absolute atomic E-state index is 0.133. The van der Waals surface area contributed by atoms with E-state index in [1.165, 1.54) is 15.9 Å². The molecule has 0 N–H and O–H groups in total. The average Bonchev–Trinajstić information content (AvgIpc) is 2.52. The first-order valence-electron chi connectivity index (χ1n) is 6.51. The van der Waals surface area contributed by atoms with Crippen molar-refractivity contribution in [3.63, 3.8) is 0 Å². The first-order chi connectivity index (χ1) is 9.86. The molecule has 2 heteroatoms. The summed E-state index contributed by atoms with van der Waals surface area (Å²) < 4.78 is 14.2. The van der Waals surface area contributed by atoms with Gasteiger partial charge in [0.1, 0.15) is 5.82 Å². The second kappa shape index (κ2) is 5.93. The molecule has 0 amide bonds. The molecule has 0 aliphatic heterocycles. The molecule has 0 atom stereocenters. The molecule has 0 fully saturated rings. The van der Waals surface area contributed by atoms with Crippen LogP contribution in [-0.2, 0) is 0 Å². The van der Waals surface area contributed by atoms with Gasteiger partial charge < -0.3 is 0 Å². The Labute approximate surface area is 121 Å². The van der Waals surface area contributed by atoms with E-state index in [1.807, 2.05) is 48.5 Å². The summed E-state index contributed by atoms with van der Waals surface area (Å²) in [7, 11) is -0.842. The van der Waals surface area contributed by atoms with Crippen LogP contribution < -0.4 is 0 Å². The highest BCUT2D eigenvalue weighted by Crippen LogP contribution is 2.51. The molecular formula is C18H15FS. The monoisotopic (exact) mass is 282 g/mol. The van der Waals surface area contributed by atoms with Crippen LogP contribution in [-0.4, -0.2) is 0 Å². The molecule has 0 aliphatic rings. The van der Waals surface area contributed by atoms with Gasteiger partial charge >= 0.3 is 0 Å². The number of rotatable bonds is 3. The van der Waals surface area contributed by atoms with Crippen molar-refractivity contribution in [2.24, 2.45) is 0 Å². The zero-order valence-corrected chi connectivity index (χ0v) is 11.8. The second-order valence-electron chi connectivity index (χ2n) is 4.46. The first kappa shape index (κ1) is 12.9. The first-order valence-corrected chi connectivity index (χ1v) is 7.85. The van der Waals surface area contributed by atoms with E-state index in [0.717, 1.165) is 4.90 Å². The molecule has 0 unspecified atom stereocenters. The highest BCUT2D eigenvalue weighted by molar-refractivity contribution is 8.17. The molecule has 0 nitrogen and oxygen atoms in total. The summed E-state index contributed by atoms with van der Waals surface area (Å²) in [5.74, 6) is -0.133. The number of benzene rings is 3. The van der Waals surface area contributed by atoms with E-state index in [4.69, 9.17) is 0 Å². The van der Waals surface area contributed by atoms with Crippen molar-refractivity contribution in [3.8, 4) is 0 Å². The topological polar surface area (TPSA) is 0 Å². The lowest BCUT2D eigenvalue weighted by Crippen LogP contribution is -1.91. The van der Waals surface area contributed by atoms with Crippen LogP contribution >= 0.6 is 10.9 Å². The lowest BCUT2D eigenvalue weighted by Gasteiger charge is -2.23. The summed E-state index contributed by atoms with van der Waals surface area (Å²) in [5.41, 5.74) is 0. The van der Waals surface area contributed by atoms with Crippen LogP contribution in [0.5, 0.6) is 0 Å². The Morgan fingerprint density at radius 1 is 0.550 bits per heavy atom. The Bertz CT molecular complexity index is 641. The highest BCUT2D eigenvalue weighted by Gasteiger charge is 2.15. The number of hydrogen-bond acceptors (Lipinski definition) is 0. The molecule has 20 heavy (non-hydrogen) atoms. The van der Waals surface area contributed by atoms with E-state index in [2.05, 4.69) is 24.3 Å². The zero-order chi connectivity index (χ0) is 13.8. The number of hydrogen-bond donors (Lipinski definition) is 1. The SMILES string of the molecule is Fc1ccccc1[SH](c1ccccc1)c1ccccc1. The zero-order valence-electron chi connectivity index (χ0n) is 10.9. The van der Waals surface area contributed by atoms with E-state index in [0.29, 0.717) is 0 Å². The van der Waals surface area contributed by atoms with Crippen molar-refractivity contribution in [1.29, 1.82) is 0 Å². The normalized spacial score (nSPS) is 11.2. The van der Waals surface area contributed by atoms with Gasteiger partial charge in [-0.05, 0) is 46.2 Å². The summed E-state index contributed by atoms with van der Waals surface area (Å²) >= 11 is 0. The molecule has 0 spiro atoms. The maximum absolute atomic E-state index is 14.2. The standard InChI is InChI=1S/C18H15FS/c19-17-13-7-8-14-18(17)20(15-9-3-1-4-10-15)16-11-5-2-6-12-16/h1-14,20H. The highest BCUT2D eigenvalue weighted by atomic mass is 32.2. The van der Waals surface area contributed by atoms with E-state index in [1.54, 1.807) is 6.07 Å². The Morgan fingerprint density at radius 3 is 1.50 bits per heavy atom. The average molecular weight is 282 g/mol. The predicted molar refractivity (Wildman–Crippen MR) is 83.1 cm³/mol. The molecule has 0 heterocycles. The minimum Gasteiger partial charge on any atom is -0.206 e. The third-order valence-electron chi connectivity index (χ3n) is 3.12. The van der Waals surface area contributed by atoms with Crippen LogP contribution in [0.3, 0.4) is 0 Å². The molecular weight excluding hydrogens is 267 g/mol. The van der Waals surface area contributed by atoms with Crippen LogP contribution in [0.15, 0.2) is 99.6 Å². The second-order valence-corrected chi connectivity index (χ2v) is 6.64. The smallest absolute Gasteiger partial charge is 0.135 e. The van der Waals surface area contributed by atoms with Crippen LogP contribution in [0.25, 0.3) is 0 Å². The minimum atomic E-state index is -0.842. The summed E-state index contributed by atoms with van der Waals surface area (Å²) in [4.78, 5) is 3.11. The van der Waals surface area contributed by atoms with Gasteiger partial charge in [-0.25, -0.2) is 4.39 Å². The molecule has 0 radical (unpaired) electrons. The fraction of sp³-hybridized carbons (Fsp3) is 0. The fourth-order valence-corrected chi connectivity index (χ4v) is 4.53. The summed E-state index contributed by atoms with van der Waals surface area (Å²) in [5, 5.41) is 0. The van der Waals surface area contributed by atoms with Gasteiger partial charge in [-0.15, -0.1) is 0 Å². The lowest BCUT2D eigenvalue weighted by atomic mass is 10.3. The lowest BCUT2D eigenvalue weighted by molar-refractivity contribution is 0.601. The van der Waals surface area contributed by atoms with Gasteiger partial charge in [0, 0.05) is 4.90 Å². The van der Waals surface area contributed by atoms with E-state index in [9.17, 15) is 4.39 Å². The molecule has 0 aromatic heterocycles. The largest absolute Gasteiger partial charge is 0.206 e. The molecule has 0 aliphatic carbocycles. The molecule has 100 valence electrons. The van der Waals surface area contributed by atoms with E-state index >= 15 is 0 Å². The Hall–Kier alpha value is -2.06. The van der Waals surface area contributed by atoms with Gasteiger partial charge in [-0.2, -0.15) is 10.9 Å². The van der Waals surface area contributed by atoms with E-state index in [-0.39, 0.29) is 5.82 Å². The fourth-order valence-electron chi connectivity index (χ4n) is 2.21. The third-order valence-corrected chi connectivity index (χ3v) is 5.60. The summed E-state index contributed by atoms with van der Waals surface area (Å²) in [6.45, 7) is 0. The van der Waals surface area contributed by atoms with Crippen LogP contribution in [0.1, 0.15) is 0 Å². The Kier molecular flexibility index (Phi) is 3.84. The maximum Gasteiger partial charge on any atom is 0.135 e. The summed E-state index contributed by atoms with van der Waals surface area (Å²) in [6.07, 6.45) is 0. The maximum atomic E-state index is 14.2. The predicted octanol–water partition coefficient (Wildman–Crippen LogP) is 5.30. The van der Waals surface area contributed by atoms with Gasteiger partial charge in [0.2, 0.25) is 0 Å². The molecule has 0 saturated heterocycles. The van der Waals surface area contributed by atoms with Crippen LogP contribution in [0.4, 0.5) is 4.39 Å². The van der Waals surface area contributed by atoms with E-state index < -0.39 is 10.9 Å².